The van der Waals surface area contributed by atoms with E-state index in [1.807, 2.05) is 43.3 Å². The van der Waals surface area contributed by atoms with Crippen LogP contribution in [0.3, 0.4) is 0 Å². The molecule has 3 amide bonds. The first-order valence-electron chi connectivity index (χ1n) is 7.51. The minimum atomic E-state index is -0.989. The van der Waals surface area contributed by atoms with Crippen LogP contribution in [0.5, 0.6) is 0 Å². The van der Waals surface area contributed by atoms with Crippen molar-refractivity contribution in [2.24, 2.45) is 0 Å². The van der Waals surface area contributed by atoms with Gasteiger partial charge in [-0.2, -0.15) is 0 Å². The number of nitrogens with one attached hydrogen (secondary N) is 1. The maximum absolute atomic E-state index is 13.0. The molecule has 3 rings (SSSR count). The highest BCUT2D eigenvalue weighted by Gasteiger charge is 2.50. The van der Waals surface area contributed by atoms with Crippen molar-refractivity contribution in [1.82, 2.24) is 10.2 Å². The van der Waals surface area contributed by atoms with E-state index in [1.165, 1.54) is 4.90 Å². The van der Waals surface area contributed by atoms with E-state index in [2.05, 4.69) is 5.32 Å². The minimum Gasteiger partial charge on any atom is -0.319 e. The second kappa shape index (κ2) is 6.05. The summed E-state index contributed by atoms with van der Waals surface area (Å²) in [6.07, 6.45) is 0.494. The largest absolute Gasteiger partial charge is 0.325 e. The molecule has 1 atom stereocenters. The van der Waals surface area contributed by atoms with E-state index >= 15 is 0 Å². The zero-order valence-corrected chi connectivity index (χ0v) is 13.5. The summed E-state index contributed by atoms with van der Waals surface area (Å²) in [4.78, 5) is 26.6. The predicted octanol–water partition coefficient (Wildman–Crippen LogP) is 3.70. The number of hydrogen-bond donors (Lipinski definition) is 1. The fourth-order valence-corrected chi connectivity index (χ4v) is 3.16. The zero-order chi connectivity index (χ0) is 16.4. The highest BCUT2D eigenvalue weighted by Crippen LogP contribution is 2.33. The Morgan fingerprint density at radius 2 is 1.83 bits per heavy atom. The molecule has 1 heterocycles. The van der Waals surface area contributed by atoms with Gasteiger partial charge in [-0.15, -0.1) is 0 Å². The van der Waals surface area contributed by atoms with Crippen LogP contribution < -0.4 is 5.32 Å². The standard InChI is InChI=1S/C18H17ClN2O2/c1-2-18(14-8-4-3-5-9-14)16(22)21(17(23)20-18)12-13-7-6-10-15(19)11-13/h3-11H,2,12H2,1H3,(H,20,23). The van der Waals surface area contributed by atoms with Crippen LogP contribution in [0.25, 0.3) is 0 Å². The summed E-state index contributed by atoms with van der Waals surface area (Å²) in [6, 6.07) is 16.2. The van der Waals surface area contributed by atoms with Crippen LogP contribution in [0.2, 0.25) is 5.02 Å². The molecule has 0 radical (unpaired) electrons. The first-order chi connectivity index (χ1) is 11.1. The number of halogens is 1. The SMILES string of the molecule is CCC1(c2ccccc2)NC(=O)N(Cc2cccc(Cl)c2)C1=O. The molecular weight excluding hydrogens is 312 g/mol. The Bertz CT molecular complexity index is 748. The Morgan fingerprint density at radius 1 is 1.09 bits per heavy atom. The fourth-order valence-electron chi connectivity index (χ4n) is 2.95. The van der Waals surface area contributed by atoms with Crippen LogP contribution >= 0.6 is 11.6 Å². The van der Waals surface area contributed by atoms with E-state index in [4.69, 9.17) is 11.6 Å². The predicted molar refractivity (Wildman–Crippen MR) is 88.9 cm³/mol. The molecule has 5 heteroatoms. The summed E-state index contributed by atoms with van der Waals surface area (Å²) >= 11 is 5.98. The molecule has 0 aromatic heterocycles. The molecule has 1 fully saturated rings. The monoisotopic (exact) mass is 328 g/mol. The molecule has 118 valence electrons. The van der Waals surface area contributed by atoms with Crippen LogP contribution in [-0.2, 0) is 16.9 Å². The van der Waals surface area contributed by atoms with Gasteiger partial charge in [-0.1, -0.05) is 61.0 Å². The number of amides is 3. The molecule has 1 N–H and O–H groups in total. The maximum atomic E-state index is 13.0. The van der Waals surface area contributed by atoms with Gasteiger partial charge in [0.15, 0.2) is 0 Å². The van der Waals surface area contributed by atoms with E-state index < -0.39 is 5.54 Å². The normalized spacial score (nSPS) is 20.7. The van der Waals surface area contributed by atoms with E-state index in [1.54, 1.807) is 18.2 Å². The van der Waals surface area contributed by atoms with Gasteiger partial charge in [0, 0.05) is 5.02 Å². The second-order valence-corrected chi connectivity index (χ2v) is 6.01. The average Bonchev–Trinajstić information content (AvgIpc) is 2.81. The van der Waals surface area contributed by atoms with Crippen LogP contribution in [-0.4, -0.2) is 16.8 Å². The number of carbonyl (C=O) groups is 2. The highest BCUT2D eigenvalue weighted by molar-refractivity contribution is 6.30. The van der Waals surface area contributed by atoms with Gasteiger partial charge in [0.25, 0.3) is 5.91 Å². The van der Waals surface area contributed by atoms with Gasteiger partial charge in [0.2, 0.25) is 0 Å². The van der Waals surface area contributed by atoms with Gasteiger partial charge >= 0.3 is 6.03 Å². The van der Waals surface area contributed by atoms with Crippen LogP contribution in [0.15, 0.2) is 54.6 Å². The quantitative estimate of drug-likeness (QED) is 0.870. The molecule has 1 aliphatic rings. The van der Waals surface area contributed by atoms with Gasteiger partial charge < -0.3 is 5.32 Å². The van der Waals surface area contributed by atoms with Gasteiger partial charge in [-0.3, -0.25) is 9.69 Å². The first kappa shape index (κ1) is 15.6. The number of carbonyl (C=O) groups excluding carboxylic acids is 2. The lowest BCUT2D eigenvalue weighted by Crippen LogP contribution is -2.43. The zero-order valence-electron chi connectivity index (χ0n) is 12.8. The number of hydrogen-bond acceptors (Lipinski definition) is 2. The van der Waals surface area contributed by atoms with Gasteiger partial charge in [-0.05, 0) is 29.7 Å². The third-order valence-electron chi connectivity index (χ3n) is 4.20. The van der Waals surface area contributed by atoms with Crippen molar-refractivity contribution < 1.29 is 9.59 Å². The first-order valence-corrected chi connectivity index (χ1v) is 7.88. The lowest BCUT2D eigenvalue weighted by molar-refractivity contribution is -0.132. The molecule has 1 unspecified atom stereocenters. The maximum Gasteiger partial charge on any atom is 0.325 e. The lowest BCUT2D eigenvalue weighted by Gasteiger charge is -2.25. The Labute approximate surface area is 140 Å². The molecule has 0 spiro atoms. The molecule has 1 saturated heterocycles. The van der Waals surface area contributed by atoms with Crippen molar-refractivity contribution in [1.29, 1.82) is 0 Å². The van der Waals surface area contributed by atoms with Crippen molar-refractivity contribution in [3.8, 4) is 0 Å². The Morgan fingerprint density at radius 3 is 2.48 bits per heavy atom. The molecule has 0 aliphatic carbocycles. The summed E-state index contributed by atoms with van der Waals surface area (Å²) in [7, 11) is 0. The Hall–Kier alpha value is -2.33. The summed E-state index contributed by atoms with van der Waals surface area (Å²) in [6.45, 7) is 2.11. The minimum absolute atomic E-state index is 0.208. The van der Waals surface area contributed by atoms with Gasteiger partial charge in [0.1, 0.15) is 5.54 Å². The summed E-state index contributed by atoms with van der Waals surface area (Å²) in [5.41, 5.74) is 0.632. The molecule has 2 aromatic rings. The number of benzene rings is 2. The van der Waals surface area contributed by atoms with Crippen LogP contribution in [0.1, 0.15) is 24.5 Å². The van der Waals surface area contributed by atoms with Crippen molar-refractivity contribution in [2.75, 3.05) is 0 Å². The van der Waals surface area contributed by atoms with E-state index in [0.29, 0.717) is 11.4 Å². The number of rotatable bonds is 4. The lowest BCUT2D eigenvalue weighted by atomic mass is 9.87. The van der Waals surface area contributed by atoms with E-state index in [-0.39, 0.29) is 18.5 Å². The summed E-state index contributed by atoms with van der Waals surface area (Å²) in [5, 5.41) is 3.46. The molecule has 2 aromatic carbocycles. The van der Waals surface area contributed by atoms with Crippen LogP contribution in [0, 0.1) is 0 Å². The molecule has 0 saturated carbocycles. The van der Waals surface area contributed by atoms with E-state index in [9.17, 15) is 9.59 Å². The van der Waals surface area contributed by atoms with Crippen molar-refractivity contribution in [2.45, 2.75) is 25.4 Å². The third kappa shape index (κ3) is 2.70. The topological polar surface area (TPSA) is 49.4 Å². The van der Waals surface area contributed by atoms with Gasteiger partial charge in [-0.25, -0.2) is 4.79 Å². The Balaban J connectivity index is 1.93. The highest BCUT2D eigenvalue weighted by atomic mass is 35.5. The summed E-state index contributed by atoms with van der Waals surface area (Å²) < 4.78 is 0. The van der Waals surface area contributed by atoms with Crippen molar-refractivity contribution >= 4 is 23.5 Å². The number of nitrogens with zero attached hydrogens (tertiary/aromatic N) is 1. The molecule has 4 nitrogen and oxygen atoms in total. The molecule has 1 aliphatic heterocycles. The molecule has 23 heavy (non-hydrogen) atoms. The molecule has 0 bridgehead atoms. The van der Waals surface area contributed by atoms with Crippen molar-refractivity contribution in [3.05, 3.63) is 70.7 Å². The Kier molecular flexibility index (Phi) is 4.09. The number of urea groups is 1. The number of imide groups is 1. The third-order valence-corrected chi connectivity index (χ3v) is 4.44. The van der Waals surface area contributed by atoms with Crippen LogP contribution in [0.4, 0.5) is 4.79 Å². The van der Waals surface area contributed by atoms with Crippen molar-refractivity contribution in [3.63, 3.8) is 0 Å². The van der Waals surface area contributed by atoms with E-state index in [0.717, 1.165) is 11.1 Å². The summed E-state index contributed by atoms with van der Waals surface area (Å²) in [5.74, 6) is -0.226. The van der Waals surface area contributed by atoms with Gasteiger partial charge in [0.05, 0.1) is 6.54 Å². The smallest absolute Gasteiger partial charge is 0.319 e. The fraction of sp³-hybridized carbons (Fsp3) is 0.222. The second-order valence-electron chi connectivity index (χ2n) is 5.58. The molecular formula is C18H17ClN2O2. The average molecular weight is 329 g/mol.